The minimum atomic E-state index is 0.183. The van der Waals surface area contributed by atoms with Crippen molar-refractivity contribution in [2.45, 2.75) is 0 Å². The van der Waals surface area contributed by atoms with Crippen LogP contribution in [-0.2, 0) is 0 Å². The van der Waals surface area contributed by atoms with Gasteiger partial charge in [0.25, 0.3) is 0 Å². The highest BCUT2D eigenvalue weighted by molar-refractivity contribution is 5.76. The molecule has 0 amide bonds. The highest BCUT2D eigenvalue weighted by atomic mass is 15.2. The molecule has 84 valence electrons. The van der Waals surface area contributed by atoms with Gasteiger partial charge >= 0.3 is 0 Å². The van der Waals surface area contributed by atoms with Crippen LogP contribution in [0.2, 0.25) is 0 Å². The molecular weight excluding hydrogens is 218 g/mol. The van der Waals surface area contributed by atoms with Crippen LogP contribution < -0.4 is 11.5 Å². The SMILES string of the molecule is Nc1ncc2nc(N)n(-c3cccnc3)c2n1. The number of fused-ring (bicyclic) bond motifs is 1. The van der Waals surface area contributed by atoms with Gasteiger partial charge in [-0.15, -0.1) is 0 Å². The number of nitrogen functional groups attached to an aromatic ring is 2. The standard InChI is InChI=1S/C10H9N7/c11-9-14-5-7-8(16-9)17(10(12)15-7)6-2-1-3-13-4-6/h1-5H,(H2,12,15)(H2,11,14,16). The smallest absolute Gasteiger partial charge is 0.222 e. The quantitative estimate of drug-likeness (QED) is 0.621. The van der Waals surface area contributed by atoms with Crippen LogP contribution in [0.5, 0.6) is 0 Å². The topological polar surface area (TPSA) is 109 Å². The molecule has 17 heavy (non-hydrogen) atoms. The Hall–Kier alpha value is -2.70. The third-order valence-electron chi connectivity index (χ3n) is 2.35. The van der Waals surface area contributed by atoms with Crippen LogP contribution in [0.4, 0.5) is 11.9 Å². The Morgan fingerprint density at radius 3 is 2.76 bits per heavy atom. The second-order valence-corrected chi connectivity index (χ2v) is 3.45. The van der Waals surface area contributed by atoms with Crippen LogP contribution in [0, 0.1) is 0 Å². The predicted octanol–water partition coefficient (Wildman–Crippen LogP) is 0.375. The lowest BCUT2D eigenvalue weighted by atomic mass is 10.4. The molecule has 0 saturated carbocycles. The predicted molar refractivity (Wildman–Crippen MR) is 63.3 cm³/mol. The number of imidazole rings is 1. The summed E-state index contributed by atoms with van der Waals surface area (Å²) in [6.07, 6.45) is 4.90. The van der Waals surface area contributed by atoms with E-state index in [9.17, 15) is 0 Å². The van der Waals surface area contributed by atoms with Crippen LogP contribution in [-0.4, -0.2) is 24.5 Å². The molecule has 0 atom stereocenters. The number of anilines is 2. The summed E-state index contributed by atoms with van der Waals surface area (Å²) in [6.45, 7) is 0. The number of hydrogen-bond acceptors (Lipinski definition) is 6. The Morgan fingerprint density at radius 1 is 1.12 bits per heavy atom. The van der Waals surface area contributed by atoms with Crippen molar-refractivity contribution >= 4 is 23.1 Å². The van der Waals surface area contributed by atoms with Crippen molar-refractivity contribution < 1.29 is 0 Å². The van der Waals surface area contributed by atoms with Gasteiger partial charge in [-0.3, -0.25) is 9.55 Å². The van der Waals surface area contributed by atoms with E-state index in [1.165, 1.54) is 0 Å². The molecule has 7 nitrogen and oxygen atoms in total. The van der Waals surface area contributed by atoms with Gasteiger partial charge in [0.15, 0.2) is 5.65 Å². The first kappa shape index (κ1) is 9.52. The molecule has 0 aliphatic rings. The molecule has 3 aromatic heterocycles. The average Bonchev–Trinajstić information content (AvgIpc) is 2.65. The minimum absolute atomic E-state index is 0.183. The molecular formula is C10H9N7. The largest absolute Gasteiger partial charge is 0.369 e. The maximum absolute atomic E-state index is 5.85. The molecule has 0 aliphatic heterocycles. The third kappa shape index (κ3) is 1.44. The molecule has 3 rings (SSSR count). The molecule has 0 unspecified atom stereocenters. The van der Waals surface area contributed by atoms with E-state index in [1.807, 2.05) is 12.1 Å². The first-order valence-electron chi connectivity index (χ1n) is 4.92. The first-order valence-corrected chi connectivity index (χ1v) is 4.92. The lowest BCUT2D eigenvalue weighted by Crippen LogP contribution is -2.02. The normalized spacial score (nSPS) is 10.8. The number of nitrogens with two attached hydrogens (primary N) is 2. The van der Waals surface area contributed by atoms with Crippen LogP contribution in [0.3, 0.4) is 0 Å². The lowest BCUT2D eigenvalue weighted by molar-refractivity contribution is 1.06. The zero-order valence-corrected chi connectivity index (χ0v) is 8.78. The second kappa shape index (κ2) is 3.41. The fourth-order valence-corrected chi connectivity index (χ4v) is 1.65. The Balaban J connectivity index is 2.35. The summed E-state index contributed by atoms with van der Waals surface area (Å²) in [7, 11) is 0. The van der Waals surface area contributed by atoms with Crippen LogP contribution in [0.1, 0.15) is 0 Å². The first-order chi connectivity index (χ1) is 8.25. The van der Waals surface area contributed by atoms with Crippen molar-refractivity contribution in [1.82, 2.24) is 24.5 Å². The highest BCUT2D eigenvalue weighted by Crippen LogP contribution is 2.20. The molecule has 7 heteroatoms. The van der Waals surface area contributed by atoms with E-state index in [2.05, 4.69) is 19.9 Å². The summed E-state index contributed by atoms with van der Waals surface area (Å²) in [5.41, 5.74) is 13.4. The lowest BCUT2D eigenvalue weighted by Gasteiger charge is -2.04. The number of aromatic nitrogens is 5. The summed E-state index contributed by atoms with van der Waals surface area (Å²) < 4.78 is 1.68. The molecule has 0 bridgehead atoms. The highest BCUT2D eigenvalue weighted by Gasteiger charge is 2.11. The number of hydrogen-bond donors (Lipinski definition) is 2. The summed E-state index contributed by atoms with van der Waals surface area (Å²) in [6, 6.07) is 3.67. The Labute approximate surface area is 96.1 Å². The van der Waals surface area contributed by atoms with Gasteiger partial charge in [-0.05, 0) is 12.1 Å². The van der Waals surface area contributed by atoms with Gasteiger partial charge in [0.2, 0.25) is 11.9 Å². The van der Waals surface area contributed by atoms with Gasteiger partial charge < -0.3 is 11.5 Å². The van der Waals surface area contributed by atoms with Crippen LogP contribution >= 0.6 is 0 Å². The van der Waals surface area contributed by atoms with Gasteiger partial charge in [0, 0.05) is 6.20 Å². The zero-order valence-electron chi connectivity index (χ0n) is 8.78. The van der Waals surface area contributed by atoms with Crippen molar-refractivity contribution in [1.29, 1.82) is 0 Å². The third-order valence-corrected chi connectivity index (χ3v) is 2.35. The fraction of sp³-hybridized carbons (Fsp3) is 0. The maximum atomic E-state index is 5.85. The molecule has 4 N–H and O–H groups in total. The van der Waals surface area contributed by atoms with E-state index in [1.54, 1.807) is 23.2 Å². The number of nitrogens with zero attached hydrogens (tertiary/aromatic N) is 5. The molecule has 0 radical (unpaired) electrons. The number of pyridine rings is 1. The Morgan fingerprint density at radius 2 is 2.00 bits per heavy atom. The molecule has 3 heterocycles. The van der Waals surface area contributed by atoms with Gasteiger partial charge in [0.1, 0.15) is 5.52 Å². The van der Waals surface area contributed by atoms with Crippen molar-refractivity contribution in [3.05, 3.63) is 30.7 Å². The average molecular weight is 227 g/mol. The molecule has 0 spiro atoms. The van der Waals surface area contributed by atoms with E-state index in [0.29, 0.717) is 17.1 Å². The molecule has 0 aliphatic carbocycles. The fourth-order valence-electron chi connectivity index (χ4n) is 1.65. The van der Waals surface area contributed by atoms with Crippen molar-refractivity contribution in [3.8, 4) is 5.69 Å². The zero-order chi connectivity index (χ0) is 11.8. The monoisotopic (exact) mass is 227 g/mol. The maximum Gasteiger partial charge on any atom is 0.222 e. The summed E-state index contributed by atoms with van der Waals surface area (Å²) in [5, 5.41) is 0. The van der Waals surface area contributed by atoms with Gasteiger partial charge in [-0.25, -0.2) is 9.97 Å². The molecule has 0 fully saturated rings. The molecule has 3 aromatic rings. The molecule has 0 aromatic carbocycles. The number of rotatable bonds is 1. The van der Waals surface area contributed by atoms with Crippen LogP contribution in [0.25, 0.3) is 16.9 Å². The van der Waals surface area contributed by atoms with Crippen molar-refractivity contribution in [2.24, 2.45) is 0 Å². The van der Waals surface area contributed by atoms with Gasteiger partial charge in [0.05, 0.1) is 18.1 Å². The minimum Gasteiger partial charge on any atom is -0.369 e. The van der Waals surface area contributed by atoms with E-state index in [-0.39, 0.29) is 5.95 Å². The Bertz CT molecular complexity index is 674. The second-order valence-electron chi connectivity index (χ2n) is 3.45. The molecule has 0 saturated heterocycles. The van der Waals surface area contributed by atoms with E-state index >= 15 is 0 Å². The van der Waals surface area contributed by atoms with Crippen LogP contribution in [0.15, 0.2) is 30.7 Å². The van der Waals surface area contributed by atoms with E-state index < -0.39 is 0 Å². The van der Waals surface area contributed by atoms with Gasteiger partial charge in [-0.2, -0.15) is 4.98 Å². The summed E-state index contributed by atoms with van der Waals surface area (Å²) in [5.74, 6) is 0.510. The summed E-state index contributed by atoms with van der Waals surface area (Å²) in [4.78, 5) is 16.2. The van der Waals surface area contributed by atoms with Gasteiger partial charge in [-0.1, -0.05) is 0 Å². The van der Waals surface area contributed by atoms with E-state index in [4.69, 9.17) is 11.5 Å². The van der Waals surface area contributed by atoms with Crippen molar-refractivity contribution in [2.75, 3.05) is 11.5 Å². The Kier molecular flexibility index (Phi) is 1.91. The van der Waals surface area contributed by atoms with E-state index in [0.717, 1.165) is 5.69 Å². The van der Waals surface area contributed by atoms with Crippen molar-refractivity contribution in [3.63, 3.8) is 0 Å². The summed E-state index contributed by atoms with van der Waals surface area (Å²) >= 11 is 0.